The molecule has 6 heteroatoms. The number of sulfonamides is 1. The largest absolute Gasteiger partial charge is 0.332 e. The molecule has 1 fully saturated rings. The minimum absolute atomic E-state index is 0.358. The molecule has 0 atom stereocenters. The van der Waals surface area contributed by atoms with E-state index in [4.69, 9.17) is 5.26 Å². The predicted molar refractivity (Wildman–Crippen MR) is 88.5 cm³/mol. The second-order valence-electron chi connectivity index (χ2n) is 5.82. The molecule has 1 heterocycles. The molecule has 0 spiro atoms. The number of rotatable bonds is 4. The summed E-state index contributed by atoms with van der Waals surface area (Å²) >= 11 is 0. The lowest BCUT2D eigenvalue weighted by Gasteiger charge is -2.31. The standard InChI is InChI=1S/C17H19N3O2S/c18-8-3-9-19-10-12-20(13-11-19)23(21,22)17-7-6-15-4-1-2-5-16(15)14-17/h1-2,4-7,14H,3,9-13H2/p+1. The lowest BCUT2D eigenvalue weighted by molar-refractivity contribution is -0.903. The van der Waals surface area contributed by atoms with Crippen LogP contribution in [0.2, 0.25) is 0 Å². The molecule has 0 unspecified atom stereocenters. The number of quaternary nitrogens is 1. The van der Waals surface area contributed by atoms with Crippen molar-refractivity contribution in [1.82, 2.24) is 4.31 Å². The first-order valence-electron chi connectivity index (χ1n) is 7.81. The van der Waals surface area contributed by atoms with Gasteiger partial charge in [0.1, 0.15) is 0 Å². The highest BCUT2D eigenvalue weighted by molar-refractivity contribution is 7.89. The maximum absolute atomic E-state index is 12.8. The molecule has 1 aliphatic heterocycles. The van der Waals surface area contributed by atoms with Gasteiger partial charge in [-0.3, -0.25) is 0 Å². The molecule has 1 saturated heterocycles. The number of nitrogens with one attached hydrogen (secondary N) is 1. The number of nitrogens with zero attached hydrogens (tertiary/aromatic N) is 2. The van der Waals surface area contributed by atoms with Crippen molar-refractivity contribution in [3.8, 4) is 6.07 Å². The van der Waals surface area contributed by atoms with Crippen LogP contribution in [0.25, 0.3) is 10.8 Å². The van der Waals surface area contributed by atoms with Crippen molar-refractivity contribution < 1.29 is 13.3 Å². The van der Waals surface area contributed by atoms with Crippen molar-refractivity contribution in [3.05, 3.63) is 42.5 Å². The van der Waals surface area contributed by atoms with Gasteiger partial charge in [-0.15, -0.1) is 0 Å². The van der Waals surface area contributed by atoms with Gasteiger partial charge in [0.05, 0.1) is 50.1 Å². The molecule has 0 aliphatic carbocycles. The van der Waals surface area contributed by atoms with Gasteiger partial charge in [0, 0.05) is 0 Å². The molecular weight excluding hydrogens is 310 g/mol. The lowest BCUT2D eigenvalue weighted by atomic mass is 10.1. The van der Waals surface area contributed by atoms with Gasteiger partial charge in [-0.25, -0.2) is 8.42 Å². The van der Waals surface area contributed by atoms with E-state index < -0.39 is 10.0 Å². The van der Waals surface area contributed by atoms with Gasteiger partial charge >= 0.3 is 0 Å². The molecule has 0 radical (unpaired) electrons. The Bertz CT molecular complexity index is 834. The third-order valence-corrected chi connectivity index (χ3v) is 6.27. The Hall–Kier alpha value is -1.94. The van der Waals surface area contributed by atoms with E-state index in [2.05, 4.69) is 6.07 Å². The Labute approximate surface area is 136 Å². The van der Waals surface area contributed by atoms with E-state index in [-0.39, 0.29) is 0 Å². The summed E-state index contributed by atoms with van der Waals surface area (Å²) in [5, 5.41) is 10.6. The van der Waals surface area contributed by atoms with E-state index in [1.807, 2.05) is 30.3 Å². The van der Waals surface area contributed by atoms with Gasteiger partial charge in [-0.05, 0) is 22.9 Å². The van der Waals surface area contributed by atoms with Crippen LogP contribution in [-0.2, 0) is 10.0 Å². The third-order valence-electron chi connectivity index (χ3n) is 4.38. The van der Waals surface area contributed by atoms with Crippen LogP contribution in [-0.4, -0.2) is 45.4 Å². The molecule has 1 aliphatic rings. The lowest BCUT2D eigenvalue weighted by Crippen LogP contribution is -3.14. The maximum atomic E-state index is 12.8. The van der Waals surface area contributed by atoms with Crippen molar-refractivity contribution in [2.45, 2.75) is 11.3 Å². The highest BCUT2D eigenvalue weighted by atomic mass is 32.2. The molecule has 0 amide bonds. The van der Waals surface area contributed by atoms with Crippen LogP contribution in [0.5, 0.6) is 0 Å². The first-order chi connectivity index (χ1) is 11.1. The van der Waals surface area contributed by atoms with Gasteiger partial charge in [0.2, 0.25) is 10.0 Å². The van der Waals surface area contributed by atoms with Crippen LogP contribution >= 0.6 is 0 Å². The second-order valence-corrected chi connectivity index (χ2v) is 7.76. The van der Waals surface area contributed by atoms with Crippen LogP contribution in [0.15, 0.2) is 47.4 Å². The zero-order chi connectivity index (χ0) is 16.3. The zero-order valence-corrected chi connectivity index (χ0v) is 13.7. The number of benzene rings is 2. The van der Waals surface area contributed by atoms with E-state index in [9.17, 15) is 8.42 Å². The molecule has 0 aromatic heterocycles. The van der Waals surface area contributed by atoms with E-state index in [0.717, 1.165) is 30.4 Å². The van der Waals surface area contributed by atoms with Crippen LogP contribution in [0.3, 0.4) is 0 Å². The Morgan fingerprint density at radius 2 is 1.78 bits per heavy atom. The van der Waals surface area contributed by atoms with E-state index in [1.165, 1.54) is 4.90 Å². The van der Waals surface area contributed by atoms with Crippen molar-refractivity contribution in [3.63, 3.8) is 0 Å². The highest BCUT2D eigenvalue weighted by Crippen LogP contribution is 2.21. The number of fused-ring (bicyclic) bond motifs is 1. The third kappa shape index (κ3) is 3.37. The Balaban J connectivity index is 1.77. The fourth-order valence-corrected chi connectivity index (χ4v) is 4.48. The number of nitriles is 1. The van der Waals surface area contributed by atoms with Gasteiger partial charge in [-0.1, -0.05) is 30.3 Å². The summed E-state index contributed by atoms with van der Waals surface area (Å²) in [6.07, 6.45) is 0.521. The molecule has 1 N–H and O–H groups in total. The summed E-state index contributed by atoms with van der Waals surface area (Å²) in [7, 11) is -3.44. The quantitative estimate of drug-likeness (QED) is 0.895. The second kappa shape index (κ2) is 6.67. The van der Waals surface area contributed by atoms with E-state index in [0.29, 0.717) is 24.4 Å². The molecule has 2 aromatic carbocycles. The fourth-order valence-electron chi connectivity index (χ4n) is 3.00. The fraction of sp³-hybridized carbons (Fsp3) is 0.353. The number of hydrogen-bond donors (Lipinski definition) is 1. The molecular formula is C17H20N3O2S+. The van der Waals surface area contributed by atoms with Gasteiger partial charge < -0.3 is 4.90 Å². The highest BCUT2D eigenvalue weighted by Gasteiger charge is 2.30. The minimum atomic E-state index is -3.44. The van der Waals surface area contributed by atoms with E-state index >= 15 is 0 Å². The van der Waals surface area contributed by atoms with Crippen LogP contribution in [0.1, 0.15) is 6.42 Å². The summed E-state index contributed by atoms with van der Waals surface area (Å²) < 4.78 is 27.2. The van der Waals surface area contributed by atoms with Crippen molar-refractivity contribution in [2.75, 3.05) is 32.7 Å². The van der Waals surface area contributed by atoms with Gasteiger partial charge in [-0.2, -0.15) is 9.57 Å². The summed E-state index contributed by atoms with van der Waals surface area (Å²) in [6.45, 7) is 3.33. The molecule has 2 aromatic rings. The average Bonchev–Trinajstić information content (AvgIpc) is 2.60. The summed E-state index contributed by atoms with van der Waals surface area (Å²) in [5.41, 5.74) is 0. The average molecular weight is 330 g/mol. The van der Waals surface area contributed by atoms with Crippen molar-refractivity contribution in [1.29, 1.82) is 5.26 Å². The monoisotopic (exact) mass is 330 g/mol. The molecule has 0 bridgehead atoms. The topological polar surface area (TPSA) is 65.6 Å². The van der Waals surface area contributed by atoms with E-state index in [1.54, 1.807) is 16.4 Å². The van der Waals surface area contributed by atoms with Gasteiger partial charge in [0.25, 0.3) is 0 Å². The summed E-state index contributed by atoms with van der Waals surface area (Å²) in [4.78, 5) is 1.66. The molecule has 120 valence electrons. The number of hydrogen-bond acceptors (Lipinski definition) is 3. The van der Waals surface area contributed by atoms with Crippen LogP contribution in [0, 0.1) is 11.3 Å². The zero-order valence-electron chi connectivity index (χ0n) is 12.9. The Kier molecular flexibility index (Phi) is 4.62. The summed E-state index contributed by atoms with van der Waals surface area (Å²) in [6, 6.07) is 15.2. The summed E-state index contributed by atoms with van der Waals surface area (Å²) in [5.74, 6) is 0. The molecule has 0 saturated carbocycles. The molecule has 23 heavy (non-hydrogen) atoms. The SMILES string of the molecule is N#CCC[NH+]1CCN(S(=O)(=O)c2ccc3ccccc3c2)CC1. The molecule has 3 rings (SSSR count). The first kappa shape index (κ1) is 15.9. The maximum Gasteiger partial charge on any atom is 0.243 e. The van der Waals surface area contributed by atoms with Crippen molar-refractivity contribution in [2.24, 2.45) is 0 Å². The van der Waals surface area contributed by atoms with Crippen LogP contribution < -0.4 is 4.90 Å². The number of piperazine rings is 1. The predicted octanol–water partition coefficient (Wildman–Crippen LogP) is 0.643. The normalized spacial score (nSPS) is 17.2. The Morgan fingerprint density at radius 1 is 1.09 bits per heavy atom. The molecule has 5 nitrogen and oxygen atoms in total. The minimum Gasteiger partial charge on any atom is -0.332 e. The first-order valence-corrected chi connectivity index (χ1v) is 9.25. The Morgan fingerprint density at radius 3 is 2.48 bits per heavy atom. The van der Waals surface area contributed by atoms with Crippen molar-refractivity contribution >= 4 is 20.8 Å². The van der Waals surface area contributed by atoms with Crippen LogP contribution in [0.4, 0.5) is 0 Å². The van der Waals surface area contributed by atoms with Gasteiger partial charge in [0.15, 0.2) is 0 Å². The smallest absolute Gasteiger partial charge is 0.243 e.